The molecule has 0 spiro atoms. The SMILES string of the molecule is CC1Cc2cc(=O)[nH]cc2C(NC(=O)Nc2cc(Cl)c(-c3ccc(OCC4CN(C(=O)OC(C)(C)C)C4)nc3)cc2F)C1. The summed E-state index contributed by atoms with van der Waals surface area (Å²) < 4.78 is 26.2. The van der Waals surface area contributed by atoms with Crippen molar-refractivity contribution in [2.45, 2.75) is 52.2 Å². The number of hydrogen-bond acceptors (Lipinski definition) is 6. The molecule has 3 heterocycles. The van der Waals surface area contributed by atoms with E-state index in [0.29, 0.717) is 43.1 Å². The lowest BCUT2D eigenvalue weighted by atomic mass is 9.82. The molecular formula is C31H35ClFN5O5. The predicted molar refractivity (Wildman–Crippen MR) is 161 cm³/mol. The lowest BCUT2D eigenvalue weighted by Gasteiger charge is -2.39. The Labute approximate surface area is 253 Å². The first-order valence-electron chi connectivity index (χ1n) is 14.2. The van der Waals surface area contributed by atoms with Crippen LogP contribution in [0.2, 0.25) is 5.02 Å². The third-order valence-corrected chi connectivity index (χ3v) is 7.67. The number of nitrogens with zero attached hydrogens (tertiary/aromatic N) is 2. The van der Waals surface area contributed by atoms with E-state index in [1.165, 1.54) is 18.3 Å². The second-order valence-electron chi connectivity index (χ2n) is 12.2. The molecule has 1 aliphatic carbocycles. The van der Waals surface area contributed by atoms with Gasteiger partial charge in [-0.3, -0.25) is 4.79 Å². The number of amides is 3. The van der Waals surface area contributed by atoms with Crippen molar-refractivity contribution >= 4 is 29.4 Å². The Bertz CT molecular complexity index is 1570. The number of hydrogen-bond donors (Lipinski definition) is 3. The number of aromatic amines is 1. The van der Waals surface area contributed by atoms with E-state index in [-0.39, 0.29) is 40.2 Å². The maximum atomic E-state index is 15.1. The highest BCUT2D eigenvalue weighted by molar-refractivity contribution is 6.33. The molecule has 2 unspecified atom stereocenters. The van der Waals surface area contributed by atoms with Gasteiger partial charge in [0.25, 0.3) is 0 Å². The van der Waals surface area contributed by atoms with Crippen LogP contribution in [0.3, 0.4) is 0 Å². The number of fused-ring (bicyclic) bond motifs is 1. The molecule has 10 nitrogen and oxygen atoms in total. The number of likely N-dealkylation sites (tertiary alicyclic amines) is 1. The van der Waals surface area contributed by atoms with E-state index < -0.39 is 17.4 Å². The van der Waals surface area contributed by atoms with Gasteiger partial charge in [0, 0.05) is 54.7 Å². The van der Waals surface area contributed by atoms with Crippen molar-refractivity contribution in [3.63, 3.8) is 0 Å². The van der Waals surface area contributed by atoms with Gasteiger partial charge < -0.3 is 30.0 Å². The van der Waals surface area contributed by atoms with Gasteiger partial charge in [0.1, 0.15) is 11.4 Å². The molecule has 0 saturated carbocycles. The normalized spacial score (nSPS) is 18.3. The van der Waals surface area contributed by atoms with E-state index >= 15 is 4.39 Å². The zero-order chi connectivity index (χ0) is 30.9. The summed E-state index contributed by atoms with van der Waals surface area (Å²) in [5, 5.41) is 5.67. The Morgan fingerprint density at radius 3 is 2.67 bits per heavy atom. The molecule has 228 valence electrons. The van der Waals surface area contributed by atoms with Gasteiger partial charge in [0.15, 0.2) is 0 Å². The zero-order valence-electron chi connectivity index (χ0n) is 24.5. The molecule has 12 heteroatoms. The fourth-order valence-corrected chi connectivity index (χ4v) is 5.58. The summed E-state index contributed by atoms with van der Waals surface area (Å²) in [6.07, 6.45) is 4.27. The van der Waals surface area contributed by atoms with Gasteiger partial charge in [-0.2, -0.15) is 0 Å². The van der Waals surface area contributed by atoms with Gasteiger partial charge >= 0.3 is 12.1 Å². The van der Waals surface area contributed by atoms with Gasteiger partial charge in [-0.25, -0.2) is 19.0 Å². The minimum Gasteiger partial charge on any atom is -0.477 e. The van der Waals surface area contributed by atoms with E-state index in [4.69, 9.17) is 21.1 Å². The summed E-state index contributed by atoms with van der Waals surface area (Å²) in [7, 11) is 0. The summed E-state index contributed by atoms with van der Waals surface area (Å²) in [5.41, 5.74) is 1.94. The maximum Gasteiger partial charge on any atom is 0.410 e. The highest BCUT2D eigenvalue weighted by Crippen LogP contribution is 2.34. The molecule has 1 saturated heterocycles. The fourth-order valence-electron chi connectivity index (χ4n) is 5.31. The largest absolute Gasteiger partial charge is 0.477 e. The number of benzene rings is 1. The van der Waals surface area contributed by atoms with Gasteiger partial charge in [-0.1, -0.05) is 18.5 Å². The molecular weight excluding hydrogens is 577 g/mol. The number of anilines is 1. The number of urea groups is 1. The number of aromatic nitrogens is 2. The Hall–Kier alpha value is -4.12. The number of pyridine rings is 2. The van der Waals surface area contributed by atoms with E-state index in [9.17, 15) is 14.4 Å². The Morgan fingerprint density at radius 2 is 1.98 bits per heavy atom. The van der Waals surface area contributed by atoms with Crippen molar-refractivity contribution in [3.05, 3.63) is 75.0 Å². The number of H-pyrrole nitrogens is 1. The highest BCUT2D eigenvalue weighted by Gasteiger charge is 2.34. The average Bonchev–Trinajstić information content (AvgIpc) is 2.88. The molecule has 0 radical (unpaired) electrons. The summed E-state index contributed by atoms with van der Waals surface area (Å²) in [6, 6.07) is 6.65. The third-order valence-electron chi connectivity index (χ3n) is 7.36. The second kappa shape index (κ2) is 12.2. The number of carbonyl (C=O) groups is 2. The van der Waals surface area contributed by atoms with Gasteiger partial charge in [0.05, 0.1) is 23.4 Å². The second-order valence-corrected chi connectivity index (χ2v) is 12.6. The fraction of sp³-hybridized carbons (Fsp3) is 0.419. The number of halogens is 2. The Balaban J connectivity index is 1.16. The minimum absolute atomic E-state index is 0.0642. The van der Waals surface area contributed by atoms with Crippen LogP contribution in [0.5, 0.6) is 5.88 Å². The van der Waals surface area contributed by atoms with Crippen LogP contribution < -0.4 is 20.9 Å². The maximum absolute atomic E-state index is 15.1. The van der Waals surface area contributed by atoms with Crippen molar-refractivity contribution in [1.82, 2.24) is 20.2 Å². The molecule has 2 aromatic heterocycles. The quantitative estimate of drug-likeness (QED) is 0.318. The topological polar surface area (TPSA) is 126 Å². The van der Waals surface area contributed by atoms with Gasteiger partial charge in [-0.05, 0) is 68.9 Å². The van der Waals surface area contributed by atoms with E-state index in [1.807, 2.05) is 20.8 Å². The number of carbonyl (C=O) groups excluding carboxylic acids is 2. The van der Waals surface area contributed by atoms with Crippen LogP contribution >= 0.6 is 11.6 Å². The molecule has 3 aromatic rings. The molecule has 0 bridgehead atoms. The van der Waals surface area contributed by atoms with Crippen LogP contribution in [0.1, 0.15) is 51.3 Å². The zero-order valence-corrected chi connectivity index (χ0v) is 25.3. The molecule has 2 atom stereocenters. The van der Waals surface area contributed by atoms with Crippen LogP contribution in [0, 0.1) is 17.7 Å². The summed E-state index contributed by atoms with van der Waals surface area (Å²) in [4.78, 5) is 45.2. The van der Waals surface area contributed by atoms with Crippen molar-refractivity contribution < 1.29 is 23.5 Å². The number of rotatable bonds is 6. The van der Waals surface area contributed by atoms with Crippen molar-refractivity contribution in [1.29, 1.82) is 0 Å². The van der Waals surface area contributed by atoms with Crippen LogP contribution in [-0.4, -0.2) is 52.3 Å². The number of ether oxygens (including phenoxy) is 2. The first kappa shape index (κ1) is 30.3. The summed E-state index contributed by atoms with van der Waals surface area (Å²) in [6.45, 7) is 9.04. The molecule has 1 aliphatic heterocycles. The smallest absolute Gasteiger partial charge is 0.410 e. The van der Waals surface area contributed by atoms with E-state index in [1.54, 1.807) is 29.3 Å². The van der Waals surface area contributed by atoms with Crippen molar-refractivity contribution in [2.24, 2.45) is 11.8 Å². The predicted octanol–water partition coefficient (Wildman–Crippen LogP) is 5.92. The summed E-state index contributed by atoms with van der Waals surface area (Å²) in [5.74, 6) is 0.183. The van der Waals surface area contributed by atoms with Crippen LogP contribution in [0.25, 0.3) is 11.1 Å². The van der Waals surface area contributed by atoms with E-state index in [2.05, 4.69) is 27.5 Å². The van der Waals surface area contributed by atoms with Crippen LogP contribution in [0.4, 0.5) is 19.7 Å². The van der Waals surface area contributed by atoms with Crippen molar-refractivity contribution in [3.8, 4) is 17.0 Å². The molecule has 1 fully saturated rings. The first-order valence-corrected chi connectivity index (χ1v) is 14.6. The molecule has 43 heavy (non-hydrogen) atoms. The molecule has 2 aliphatic rings. The van der Waals surface area contributed by atoms with Gasteiger partial charge in [0.2, 0.25) is 11.4 Å². The molecule has 3 N–H and O–H groups in total. The standard InChI is InChI=1S/C31H35ClFN5O5/c1-17-7-20-9-27(39)34-13-22(20)25(8-17)36-29(40)37-26-11-23(32)21(10-24(26)33)19-5-6-28(35-12-19)42-16-18-14-38(15-18)30(41)43-31(2,3)4/h5-6,9-13,17-18,25H,7-8,14-16H2,1-4H3,(H,34,39)(H2,36,37,40). The lowest BCUT2D eigenvalue weighted by Crippen LogP contribution is -2.53. The first-order chi connectivity index (χ1) is 20.3. The summed E-state index contributed by atoms with van der Waals surface area (Å²) >= 11 is 6.49. The third kappa shape index (κ3) is 7.45. The average molecular weight is 612 g/mol. The number of nitrogens with one attached hydrogen (secondary N) is 3. The monoisotopic (exact) mass is 611 g/mol. The van der Waals surface area contributed by atoms with Crippen LogP contribution in [0.15, 0.2) is 47.5 Å². The Morgan fingerprint density at radius 1 is 1.21 bits per heavy atom. The Kier molecular flexibility index (Phi) is 8.64. The van der Waals surface area contributed by atoms with Crippen molar-refractivity contribution in [2.75, 3.05) is 25.0 Å². The molecule has 5 rings (SSSR count). The molecule has 3 amide bonds. The van der Waals surface area contributed by atoms with Gasteiger partial charge in [-0.15, -0.1) is 0 Å². The molecule has 1 aromatic carbocycles. The highest BCUT2D eigenvalue weighted by atomic mass is 35.5. The lowest BCUT2D eigenvalue weighted by molar-refractivity contribution is -0.00808. The van der Waals surface area contributed by atoms with E-state index in [0.717, 1.165) is 17.5 Å². The minimum atomic E-state index is -0.656. The van der Waals surface area contributed by atoms with Crippen LogP contribution in [-0.2, 0) is 11.2 Å².